The molecular weight excluding hydrogens is 236 g/mol. The molecule has 2 unspecified atom stereocenters. The van der Waals surface area contributed by atoms with Gasteiger partial charge < -0.3 is 11.1 Å². The van der Waals surface area contributed by atoms with E-state index in [9.17, 15) is 0 Å². The minimum absolute atomic E-state index is 0.510. The maximum absolute atomic E-state index is 9.03. The summed E-state index contributed by atoms with van der Waals surface area (Å²) in [6.45, 7) is 2.44. The number of anilines is 2. The van der Waals surface area contributed by atoms with E-state index < -0.39 is 0 Å². The number of nitrogens with zero attached hydrogens (tertiary/aromatic N) is 2. The molecular formula is C15H20N4. The minimum Gasteiger partial charge on any atom is -0.398 e. The summed E-state index contributed by atoms with van der Waals surface area (Å²) in [5, 5.41) is 12.6. The number of hydrogen-bond acceptors (Lipinski definition) is 4. The van der Waals surface area contributed by atoms with Crippen LogP contribution < -0.4 is 11.1 Å². The highest BCUT2D eigenvalue weighted by molar-refractivity contribution is 5.62. The van der Waals surface area contributed by atoms with Crippen LogP contribution >= 0.6 is 0 Å². The summed E-state index contributed by atoms with van der Waals surface area (Å²) in [5.41, 5.74) is 7.89. The number of piperidine rings is 1. The van der Waals surface area contributed by atoms with Crippen LogP contribution in [0.2, 0.25) is 0 Å². The highest BCUT2D eigenvalue weighted by Crippen LogP contribution is 2.29. The van der Waals surface area contributed by atoms with E-state index in [1.165, 1.54) is 38.8 Å². The Morgan fingerprint density at radius 1 is 1.26 bits per heavy atom. The molecule has 0 aliphatic carbocycles. The van der Waals surface area contributed by atoms with Gasteiger partial charge in [-0.2, -0.15) is 5.26 Å². The number of hydrogen-bond donors (Lipinski definition) is 2. The molecule has 0 radical (unpaired) electrons. The Morgan fingerprint density at radius 3 is 3.00 bits per heavy atom. The van der Waals surface area contributed by atoms with Crippen molar-refractivity contribution in [2.45, 2.75) is 37.8 Å². The SMILES string of the molecule is N#Cc1cc(NC2CCN3CCCCC23)ccc1N. The number of nitrogens with two attached hydrogens (primary N) is 1. The van der Waals surface area contributed by atoms with Crippen molar-refractivity contribution < 1.29 is 0 Å². The van der Waals surface area contributed by atoms with Crippen molar-refractivity contribution in [2.75, 3.05) is 24.1 Å². The van der Waals surface area contributed by atoms with Crippen LogP contribution in [0.25, 0.3) is 0 Å². The van der Waals surface area contributed by atoms with E-state index in [-0.39, 0.29) is 0 Å². The Balaban J connectivity index is 1.73. The maximum Gasteiger partial charge on any atom is 0.101 e. The average molecular weight is 256 g/mol. The number of nitriles is 1. The second-order valence-corrected chi connectivity index (χ2v) is 5.55. The molecule has 3 rings (SSSR count). The first-order valence-corrected chi connectivity index (χ1v) is 7.08. The molecule has 19 heavy (non-hydrogen) atoms. The highest BCUT2D eigenvalue weighted by Gasteiger charge is 2.35. The Hall–Kier alpha value is -1.73. The molecule has 1 aromatic carbocycles. The minimum atomic E-state index is 0.510. The standard InChI is InChI=1S/C15H20N4/c16-10-11-9-12(4-5-13(11)17)18-14-6-8-19-7-2-1-3-15(14)19/h4-5,9,14-15,18H,1-3,6-8,17H2. The first kappa shape index (κ1) is 12.3. The normalized spacial score (nSPS) is 26.7. The molecule has 0 aromatic heterocycles. The van der Waals surface area contributed by atoms with Gasteiger partial charge in [0.15, 0.2) is 0 Å². The predicted octanol–water partition coefficient (Wildman–Crippen LogP) is 2.18. The fourth-order valence-electron chi connectivity index (χ4n) is 3.37. The van der Waals surface area contributed by atoms with Crippen LogP contribution in [0.5, 0.6) is 0 Å². The second-order valence-electron chi connectivity index (χ2n) is 5.55. The third kappa shape index (κ3) is 2.39. The average Bonchev–Trinajstić information content (AvgIpc) is 2.84. The second kappa shape index (κ2) is 5.10. The highest BCUT2D eigenvalue weighted by atomic mass is 15.2. The van der Waals surface area contributed by atoms with Crippen molar-refractivity contribution in [3.63, 3.8) is 0 Å². The summed E-state index contributed by atoms with van der Waals surface area (Å²) in [4.78, 5) is 2.60. The van der Waals surface area contributed by atoms with Gasteiger partial charge in [0.05, 0.1) is 5.56 Å². The molecule has 0 spiro atoms. The summed E-state index contributed by atoms with van der Waals surface area (Å²) in [7, 11) is 0. The van der Waals surface area contributed by atoms with Crippen LogP contribution in [-0.2, 0) is 0 Å². The van der Waals surface area contributed by atoms with Gasteiger partial charge in [0.25, 0.3) is 0 Å². The van der Waals surface area contributed by atoms with Gasteiger partial charge in [-0.15, -0.1) is 0 Å². The molecule has 0 bridgehead atoms. The van der Waals surface area contributed by atoms with Crippen LogP contribution in [0.3, 0.4) is 0 Å². The van der Waals surface area contributed by atoms with Gasteiger partial charge in [-0.25, -0.2) is 0 Å². The van der Waals surface area contributed by atoms with Crippen molar-refractivity contribution in [1.82, 2.24) is 4.90 Å². The van der Waals surface area contributed by atoms with Gasteiger partial charge in [-0.05, 0) is 44.0 Å². The van der Waals surface area contributed by atoms with E-state index in [0.29, 0.717) is 23.3 Å². The number of nitrogen functional groups attached to an aromatic ring is 1. The van der Waals surface area contributed by atoms with E-state index in [1.54, 1.807) is 0 Å². The molecule has 2 heterocycles. The summed E-state index contributed by atoms with van der Waals surface area (Å²) in [6.07, 6.45) is 5.16. The molecule has 2 atom stereocenters. The summed E-state index contributed by atoms with van der Waals surface area (Å²) < 4.78 is 0. The van der Waals surface area contributed by atoms with E-state index in [4.69, 9.17) is 11.0 Å². The third-order valence-corrected chi connectivity index (χ3v) is 4.38. The van der Waals surface area contributed by atoms with Crippen molar-refractivity contribution in [3.05, 3.63) is 23.8 Å². The van der Waals surface area contributed by atoms with Crippen molar-refractivity contribution >= 4 is 11.4 Å². The molecule has 100 valence electrons. The fourth-order valence-corrected chi connectivity index (χ4v) is 3.37. The molecule has 2 aliphatic rings. The number of fused-ring (bicyclic) bond motifs is 1. The van der Waals surface area contributed by atoms with Crippen molar-refractivity contribution in [1.29, 1.82) is 5.26 Å². The summed E-state index contributed by atoms with van der Waals surface area (Å²) in [5.74, 6) is 0. The van der Waals surface area contributed by atoms with E-state index in [2.05, 4.69) is 16.3 Å². The van der Waals surface area contributed by atoms with Crippen molar-refractivity contribution in [2.24, 2.45) is 0 Å². The molecule has 0 saturated carbocycles. The van der Waals surface area contributed by atoms with Crippen molar-refractivity contribution in [3.8, 4) is 6.07 Å². The molecule has 4 nitrogen and oxygen atoms in total. The fraction of sp³-hybridized carbons (Fsp3) is 0.533. The quantitative estimate of drug-likeness (QED) is 0.796. The Labute approximate surface area is 114 Å². The van der Waals surface area contributed by atoms with E-state index in [1.807, 2.05) is 18.2 Å². The van der Waals surface area contributed by atoms with E-state index >= 15 is 0 Å². The molecule has 2 fully saturated rings. The zero-order valence-corrected chi connectivity index (χ0v) is 11.1. The molecule has 2 aliphatic heterocycles. The lowest BCUT2D eigenvalue weighted by molar-refractivity contribution is 0.193. The molecule has 2 saturated heterocycles. The van der Waals surface area contributed by atoms with Gasteiger partial charge in [0.1, 0.15) is 6.07 Å². The lowest BCUT2D eigenvalue weighted by Gasteiger charge is -2.33. The topological polar surface area (TPSA) is 65.1 Å². The number of rotatable bonds is 2. The number of nitrogens with one attached hydrogen (secondary N) is 1. The first-order valence-electron chi connectivity index (χ1n) is 7.08. The van der Waals surface area contributed by atoms with E-state index in [0.717, 1.165) is 5.69 Å². The van der Waals surface area contributed by atoms with Gasteiger partial charge in [-0.1, -0.05) is 6.42 Å². The van der Waals surface area contributed by atoms with Gasteiger partial charge in [0.2, 0.25) is 0 Å². The first-order chi connectivity index (χ1) is 9.28. The predicted molar refractivity (Wildman–Crippen MR) is 76.8 cm³/mol. The maximum atomic E-state index is 9.03. The van der Waals surface area contributed by atoms with Crippen LogP contribution in [0.15, 0.2) is 18.2 Å². The number of benzene rings is 1. The zero-order valence-electron chi connectivity index (χ0n) is 11.1. The van der Waals surface area contributed by atoms with Gasteiger partial charge >= 0.3 is 0 Å². The van der Waals surface area contributed by atoms with Crippen LogP contribution in [0, 0.1) is 11.3 Å². The molecule has 1 aromatic rings. The van der Waals surface area contributed by atoms with Crippen LogP contribution in [0.4, 0.5) is 11.4 Å². The smallest absolute Gasteiger partial charge is 0.101 e. The van der Waals surface area contributed by atoms with Gasteiger partial charge in [0, 0.05) is 30.0 Å². The van der Waals surface area contributed by atoms with Crippen LogP contribution in [0.1, 0.15) is 31.2 Å². The molecule has 3 N–H and O–H groups in total. The summed E-state index contributed by atoms with van der Waals surface area (Å²) >= 11 is 0. The van der Waals surface area contributed by atoms with Gasteiger partial charge in [-0.3, -0.25) is 4.90 Å². The Morgan fingerprint density at radius 2 is 2.16 bits per heavy atom. The van der Waals surface area contributed by atoms with Crippen LogP contribution in [-0.4, -0.2) is 30.1 Å². The Kier molecular flexibility index (Phi) is 3.31. The molecule has 0 amide bonds. The zero-order chi connectivity index (χ0) is 13.2. The third-order valence-electron chi connectivity index (χ3n) is 4.38. The molecule has 4 heteroatoms. The Bertz CT molecular complexity index is 505. The lowest BCUT2D eigenvalue weighted by atomic mass is 9.98. The monoisotopic (exact) mass is 256 g/mol. The lowest BCUT2D eigenvalue weighted by Crippen LogP contribution is -2.41. The summed E-state index contributed by atoms with van der Waals surface area (Å²) in [6, 6.07) is 8.96. The largest absolute Gasteiger partial charge is 0.398 e.